The van der Waals surface area contributed by atoms with E-state index in [1.54, 1.807) is 27.9 Å². The Morgan fingerprint density at radius 3 is 1.72 bits per heavy atom. The van der Waals surface area contributed by atoms with Crippen LogP contribution in [-0.4, -0.2) is 79.2 Å². The zero-order valence-corrected chi connectivity index (χ0v) is 26.3. The minimum atomic E-state index is -0.799. The van der Waals surface area contributed by atoms with E-state index in [4.69, 9.17) is 16.2 Å². The van der Waals surface area contributed by atoms with Gasteiger partial charge < -0.3 is 16.2 Å². The predicted octanol–water partition coefficient (Wildman–Crippen LogP) is 2.61. The Morgan fingerprint density at radius 1 is 0.809 bits per heavy atom. The smallest absolute Gasteiger partial charge is 0.343 e. The van der Waals surface area contributed by atoms with Gasteiger partial charge in [0.1, 0.15) is 11.4 Å². The van der Waals surface area contributed by atoms with E-state index in [0.29, 0.717) is 17.2 Å². The third kappa shape index (κ3) is 5.83. The number of carbonyl (C=O) groups excluding carboxylic acids is 3. The summed E-state index contributed by atoms with van der Waals surface area (Å²) in [5, 5.41) is 33.6. The number of carbonyl (C=O) groups is 3. The van der Waals surface area contributed by atoms with Crippen LogP contribution in [0.1, 0.15) is 57.7 Å². The molecule has 5 aromatic rings. The molecule has 21 nitrogen and oxygen atoms in total. The standard InChI is InChI=1S/C26H29N17O4/c1-11(2)21-31-25(42-19(27)17(12(3)38-42)34-36-22-14(16(45)10-44)8-29-40(22)5)33-26(32-21)43-20(28)18(13(4)39-43)35-37-23-15(24(46)47-7)9-30-41(23)6/h8-11H,27-28H2,1-7H3. The van der Waals surface area contributed by atoms with E-state index in [1.807, 2.05) is 13.8 Å². The number of anilines is 2. The van der Waals surface area contributed by atoms with Crippen LogP contribution in [0.25, 0.3) is 11.9 Å². The maximum Gasteiger partial charge on any atom is 0.343 e. The molecule has 0 aliphatic rings. The Balaban J connectivity index is 1.55. The van der Waals surface area contributed by atoms with Crippen LogP contribution in [0.15, 0.2) is 32.9 Å². The normalized spacial score (nSPS) is 11.7. The van der Waals surface area contributed by atoms with E-state index in [9.17, 15) is 14.4 Å². The largest absolute Gasteiger partial charge is 0.465 e. The van der Waals surface area contributed by atoms with Gasteiger partial charge in [-0.1, -0.05) is 13.8 Å². The first-order valence-electron chi connectivity index (χ1n) is 13.8. The molecule has 0 atom stereocenters. The molecule has 242 valence electrons. The van der Waals surface area contributed by atoms with Crippen molar-refractivity contribution in [1.29, 1.82) is 0 Å². The summed E-state index contributed by atoms with van der Waals surface area (Å²) in [6.45, 7) is 7.08. The first kappa shape index (κ1) is 31.9. The lowest BCUT2D eigenvalue weighted by Gasteiger charge is -2.10. The molecule has 0 fully saturated rings. The van der Waals surface area contributed by atoms with Crippen molar-refractivity contribution in [1.82, 2.24) is 54.1 Å². The summed E-state index contributed by atoms with van der Waals surface area (Å²) < 4.78 is 9.97. The quantitative estimate of drug-likeness (QED) is 0.0729. The summed E-state index contributed by atoms with van der Waals surface area (Å²) in [6, 6.07) is 0. The fourth-order valence-electron chi connectivity index (χ4n) is 4.23. The molecule has 0 aliphatic carbocycles. The van der Waals surface area contributed by atoms with Crippen LogP contribution in [0.3, 0.4) is 0 Å². The van der Waals surface area contributed by atoms with Crippen molar-refractivity contribution in [2.75, 3.05) is 18.6 Å². The van der Waals surface area contributed by atoms with E-state index < -0.39 is 11.8 Å². The average Bonchev–Trinajstić information content (AvgIpc) is 3.77. The van der Waals surface area contributed by atoms with Crippen molar-refractivity contribution in [3.05, 3.63) is 40.7 Å². The SMILES string of the molecule is COC(=O)c1cnn(C)c1N=Nc1c(C)nn(-c2nc(C(C)C)nc(-n3nc(C)c(N=Nc4c(C(=O)C=O)cnn4C)c3N)n2)c1N. The number of aldehydes is 1. The average molecular weight is 644 g/mol. The number of hydrogen-bond acceptors (Lipinski definition) is 17. The molecule has 0 unspecified atom stereocenters. The Bertz CT molecular complexity index is 2100. The summed E-state index contributed by atoms with van der Waals surface area (Å²) in [6.07, 6.45) is 2.71. The van der Waals surface area contributed by atoms with E-state index >= 15 is 0 Å². The van der Waals surface area contributed by atoms with Gasteiger partial charge in [-0.3, -0.25) is 9.59 Å². The van der Waals surface area contributed by atoms with Gasteiger partial charge in [0.15, 0.2) is 40.9 Å². The molecule has 0 amide bonds. The molecule has 0 radical (unpaired) electrons. The van der Waals surface area contributed by atoms with Gasteiger partial charge in [0.05, 0.1) is 36.5 Å². The fourth-order valence-corrected chi connectivity index (χ4v) is 4.23. The van der Waals surface area contributed by atoms with Crippen molar-refractivity contribution in [2.24, 2.45) is 34.6 Å². The molecule has 21 heteroatoms. The van der Waals surface area contributed by atoms with Crippen LogP contribution < -0.4 is 11.5 Å². The zero-order valence-electron chi connectivity index (χ0n) is 26.3. The van der Waals surface area contributed by atoms with E-state index in [0.717, 1.165) is 0 Å². The second-order valence-corrected chi connectivity index (χ2v) is 10.3. The number of nitrogens with zero attached hydrogens (tertiary/aromatic N) is 15. The molecule has 0 saturated carbocycles. The Morgan fingerprint density at radius 2 is 1.28 bits per heavy atom. The summed E-state index contributed by atoms with van der Waals surface area (Å²) in [5.41, 5.74) is 14.1. The zero-order chi connectivity index (χ0) is 34.2. The number of ether oxygens (including phenoxy) is 1. The van der Waals surface area contributed by atoms with Gasteiger partial charge in [-0.2, -0.15) is 44.7 Å². The lowest BCUT2D eigenvalue weighted by Crippen LogP contribution is -2.16. The second-order valence-electron chi connectivity index (χ2n) is 10.3. The summed E-state index contributed by atoms with van der Waals surface area (Å²) in [4.78, 5) is 48.8. The van der Waals surface area contributed by atoms with Gasteiger partial charge in [0, 0.05) is 20.0 Å². The monoisotopic (exact) mass is 643 g/mol. The number of aryl methyl sites for hydroxylation is 4. The Kier molecular flexibility index (Phi) is 8.45. The number of rotatable bonds is 10. The van der Waals surface area contributed by atoms with Crippen molar-refractivity contribution in [2.45, 2.75) is 33.6 Å². The first-order valence-corrected chi connectivity index (χ1v) is 13.8. The van der Waals surface area contributed by atoms with Crippen LogP contribution in [0.2, 0.25) is 0 Å². The highest BCUT2D eigenvalue weighted by molar-refractivity contribution is 6.34. The van der Waals surface area contributed by atoms with Gasteiger partial charge in [-0.15, -0.1) is 20.5 Å². The van der Waals surface area contributed by atoms with Crippen molar-refractivity contribution in [3.63, 3.8) is 0 Å². The number of aromatic nitrogens is 11. The Hall–Kier alpha value is -6.54. The van der Waals surface area contributed by atoms with Gasteiger partial charge in [-0.25, -0.2) is 14.2 Å². The molecule has 5 heterocycles. The molecular weight excluding hydrogens is 614 g/mol. The number of nitrogen functional groups attached to an aromatic ring is 2. The van der Waals surface area contributed by atoms with Crippen LogP contribution in [0.4, 0.5) is 34.6 Å². The first-order chi connectivity index (χ1) is 22.4. The third-order valence-electron chi connectivity index (χ3n) is 6.73. The Labute approximate surface area is 265 Å². The lowest BCUT2D eigenvalue weighted by molar-refractivity contribution is -0.104. The highest BCUT2D eigenvalue weighted by atomic mass is 16.5. The van der Waals surface area contributed by atoms with Crippen LogP contribution in [-0.2, 0) is 23.6 Å². The van der Waals surface area contributed by atoms with E-state index in [2.05, 4.69) is 55.8 Å². The van der Waals surface area contributed by atoms with Crippen LogP contribution in [0.5, 0.6) is 0 Å². The number of nitrogens with two attached hydrogens (primary N) is 2. The summed E-state index contributed by atoms with van der Waals surface area (Å²) in [7, 11) is 4.39. The molecular formula is C26H29N17O4. The third-order valence-corrected chi connectivity index (χ3v) is 6.73. The van der Waals surface area contributed by atoms with Gasteiger partial charge >= 0.3 is 5.97 Å². The van der Waals surface area contributed by atoms with Gasteiger partial charge in [-0.05, 0) is 13.8 Å². The van der Waals surface area contributed by atoms with Crippen molar-refractivity contribution < 1.29 is 19.1 Å². The fraction of sp³-hybridized carbons (Fsp3) is 0.308. The molecule has 5 aromatic heterocycles. The molecule has 0 aromatic carbocycles. The summed E-state index contributed by atoms with van der Waals surface area (Å²) in [5.74, 6) is -0.848. The van der Waals surface area contributed by atoms with E-state index in [1.165, 1.54) is 38.2 Å². The minimum Gasteiger partial charge on any atom is -0.465 e. The van der Waals surface area contributed by atoms with Gasteiger partial charge in [0.25, 0.3) is 11.9 Å². The molecule has 0 saturated heterocycles. The van der Waals surface area contributed by atoms with Crippen molar-refractivity contribution >= 4 is 52.7 Å². The number of hydrogen-bond donors (Lipinski definition) is 2. The summed E-state index contributed by atoms with van der Waals surface area (Å²) >= 11 is 0. The number of esters is 1. The van der Waals surface area contributed by atoms with E-state index in [-0.39, 0.29) is 69.9 Å². The molecule has 0 aliphatic heterocycles. The number of Topliss-reactive ketones (excluding diaryl/α,β-unsaturated/α-hetero) is 1. The minimum absolute atomic E-state index is 0.0196. The molecule has 0 spiro atoms. The topological polar surface area (TPSA) is 272 Å². The maximum atomic E-state index is 12.1. The predicted molar refractivity (Wildman–Crippen MR) is 163 cm³/mol. The molecule has 0 bridgehead atoms. The number of methoxy groups -OCH3 is 1. The van der Waals surface area contributed by atoms with Gasteiger partial charge in [0.2, 0.25) is 5.78 Å². The molecule has 4 N–H and O–H groups in total. The highest BCUT2D eigenvalue weighted by Gasteiger charge is 2.23. The second kappa shape index (κ2) is 12.5. The molecule has 47 heavy (non-hydrogen) atoms. The van der Waals surface area contributed by atoms with Crippen LogP contribution in [0, 0.1) is 13.8 Å². The van der Waals surface area contributed by atoms with Crippen LogP contribution >= 0.6 is 0 Å². The molecule has 5 rings (SSSR count). The van der Waals surface area contributed by atoms with Crippen molar-refractivity contribution in [3.8, 4) is 11.9 Å². The number of ketones is 1. The highest BCUT2D eigenvalue weighted by Crippen LogP contribution is 2.33. The lowest BCUT2D eigenvalue weighted by atomic mass is 10.2. The maximum absolute atomic E-state index is 12.1. The number of azo groups is 2.